The van der Waals surface area contributed by atoms with Gasteiger partial charge in [-0.25, -0.2) is 0 Å². The SMILES string of the molecule is C=C(CCC(C)C1CCC2C3=C(CCC21C)C1(C)CCC(C)CC1CC3)C(C)C. The summed E-state index contributed by atoms with van der Waals surface area (Å²) in [5.74, 6) is 5.27. The molecule has 7 unspecified atom stereocenters. The highest BCUT2D eigenvalue weighted by Crippen LogP contribution is 2.66. The molecule has 2 saturated carbocycles. The number of allylic oxidation sites excluding steroid dienone is 3. The van der Waals surface area contributed by atoms with Crippen LogP contribution in [0.15, 0.2) is 23.3 Å². The predicted molar refractivity (Wildman–Crippen MR) is 127 cm³/mol. The topological polar surface area (TPSA) is 0 Å². The van der Waals surface area contributed by atoms with Crippen LogP contribution in [0.25, 0.3) is 0 Å². The highest BCUT2D eigenvalue weighted by atomic mass is 14.6. The zero-order valence-corrected chi connectivity index (χ0v) is 20.4. The Morgan fingerprint density at radius 3 is 2.52 bits per heavy atom. The first-order valence-corrected chi connectivity index (χ1v) is 13.1. The van der Waals surface area contributed by atoms with E-state index in [1.807, 2.05) is 11.1 Å². The van der Waals surface area contributed by atoms with Crippen molar-refractivity contribution in [1.29, 1.82) is 0 Å². The lowest BCUT2D eigenvalue weighted by Crippen LogP contribution is -2.44. The van der Waals surface area contributed by atoms with Gasteiger partial charge >= 0.3 is 0 Å². The minimum Gasteiger partial charge on any atom is -0.0996 e. The fraction of sp³-hybridized carbons (Fsp3) is 0.862. The number of hydrogen-bond acceptors (Lipinski definition) is 0. The first-order valence-electron chi connectivity index (χ1n) is 13.1. The molecule has 4 aliphatic carbocycles. The van der Waals surface area contributed by atoms with E-state index in [9.17, 15) is 0 Å². The molecule has 4 rings (SSSR count). The Kier molecular flexibility index (Phi) is 5.89. The molecule has 0 amide bonds. The molecule has 0 saturated heterocycles. The number of hydrogen-bond donors (Lipinski definition) is 0. The highest BCUT2D eigenvalue weighted by Gasteiger charge is 2.55. The van der Waals surface area contributed by atoms with Crippen LogP contribution in [-0.2, 0) is 0 Å². The van der Waals surface area contributed by atoms with E-state index in [1.165, 1.54) is 76.2 Å². The van der Waals surface area contributed by atoms with E-state index in [-0.39, 0.29) is 0 Å². The molecule has 0 nitrogen and oxygen atoms in total. The van der Waals surface area contributed by atoms with Crippen molar-refractivity contribution in [3.63, 3.8) is 0 Å². The van der Waals surface area contributed by atoms with Gasteiger partial charge in [0.25, 0.3) is 0 Å². The molecule has 0 spiro atoms. The van der Waals surface area contributed by atoms with Crippen LogP contribution >= 0.6 is 0 Å². The summed E-state index contributed by atoms with van der Waals surface area (Å²) < 4.78 is 0. The van der Waals surface area contributed by atoms with Crippen molar-refractivity contribution in [2.24, 2.45) is 46.3 Å². The van der Waals surface area contributed by atoms with Gasteiger partial charge in [0, 0.05) is 0 Å². The molecule has 0 aromatic rings. The first-order chi connectivity index (χ1) is 13.7. The monoisotopic (exact) mass is 396 g/mol. The Morgan fingerprint density at radius 1 is 1.03 bits per heavy atom. The second-order valence-corrected chi connectivity index (χ2v) is 12.6. The number of fused-ring (bicyclic) bond motifs is 4. The molecule has 0 aliphatic heterocycles. The molecule has 29 heavy (non-hydrogen) atoms. The normalized spacial score (nSPS) is 43.0. The summed E-state index contributed by atoms with van der Waals surface area (Å²) in [7, 11) is 0. The summed E-state index contributed by atoms with van der Waals surface area (Å²) in [6.45, 7) is 19.4. The van der Waals surface area contributed by atoms with Gasteiger partial charge in [-0.15, -0.1) is 0 Å². The fourth-order valence-electron chi connectivity index (χ4n) is 8.55. The van der Waals surface area contributed by atoms with Crippen molar-refractivity contribution in [2.75, 3.05) is 0 Å². The van der Waals surface area contributed by atoms with Crippen LogP contribution in [0.1, 0.15) is 112 Å². The zero-order valence-electron chi connectivity index (χ0n) is 20.4. The molecule has 0 heterocycles. The molecule has 0 bridgehead atoms. The molecule has 164 valence electrons. The summed E-state index contributed by atoms with van der Waals surface area (Å²) in [4.78, 5) is 0. The first kappa shape index (κ1) is 21.7. The molecule has 0 radical (unpaired) electrons. The third-order valence-electron chi connectivity index (χ3n) is 10.8. The lowest BCUT2D eigenvalue weighted by atomic mass is 9.50. The number of rotatable bonds is 5. The van der Waals surface area contributed by atoms with Crippen molar-refractivity contribution in [3.8, 4) is 0 Å². The zero-order chi connectivity index (χ0) is 21.0. The van der Waals surface area contributed by atoms with Crippen LogP contribution in [0.5, 0.6) is 0 Å². The Labute approximate surface area is 182 Å². The van der Waals surface area contributed by atoms with Gasteiger partial charge in [-0.1, -0.05) is 64.8 Å². The van der Waals surface area contributed by atoms with Gasteiger partial charge in [0.15, 0.2) is 0 Å². The second kappa shape index (κ2) is 7.87. The summed E-state index contributed by atoms with van der Waals surface area (Å²) in [5, 5.41) is 0. The van der Waals surface area contributed by atoms with Crippen molar-refractivity contribution in [1.82, 2.24) is 0 Å². The Hall–Kier alpha value is -0.520. The minimum absolute atomic E-state index is 0.556. The van der Waals surface area contributed by atoms with Gasteiger partial charge < -0.3 is 0 Å². The summed E-state index contributed by atoms with van der Waals surface area (Å²) >= 11 is 0. The molecular formula is C29H48. The maximum atomic E-state index is 4.35. The van der Waals surface area contributed by atoms with Gasteiger partial charge in [0.05, 0.1) is 0 Å². The Morgan fingerprint density at radius 2 is 1.79 bits per heavy atom. The molecule has 2 fully saturated rings. The largest absolute Gasteiger partial charge is 0.0996 e. The lowest BCUT2D eigenvalue weighted by molar-refractivity contribution is 0.0554. The third-order valence-corrected chi connectivity index (χ3v) is 10.8. The van der Waals surface area contributed by atoms with E-state index < -0.39 is 0 Å². The van der Waals surface area contributed by atoms with Crippen LogP contribution in [0, 0.1) is 46.3 Å². The Balaban J connectivity index is 1.53. The van der Waals surface area contributed by atoms with Crippen molar-refractivity contribution in [2.45, 2.75) is 112 Å². The van der Waals surface area contributed by atoms with Crippen LogP contribution in [0.2, 0.25) is 0 Å². The van der Waals surface area contributed by atoms with Crippen molar-refractivity contribution < 1.29 is 0 Å². The fourth-order valence-corrected chi connectivity index (χ4v) is 8.55. The van der Waals surface area contributed by atoms with E-state index in [2.05, 4.69) is 48.1 Å². The average molecular weight is 397 g/mol. The molecule has 0 N–H and O–H groups in total. The van der Waals surface area contributed by atoms with Crippen LogP contribution < -0.4 is 0 Å². The van der Waals surface area contributed by atoms with E-state index in [1.54, 1.807) is 0 Å². The van der Waals surface area contributed by atoms with E-state index in [4.69, 9.17) is 0 Å². The molecule has 0 heteroatoms. The minimum atomic E-state index is 0.556. The predicted octanol–water partition coefficient (Wildman–Crippen LogP) is 8.97. The average Bonchev–Trinajstić information content (AvgIpc) is 3.03. The maximum Gasteiger partial charge on any atom is -0.00850 e. The van der Waals surface area contributed by atoms with Gasteiger partial charge in [-0.3, -0.25) is 0 Å². The molecule has 4 aliphatic rings. The smallest absolute Gasteiger partial charge is 0.00850 e. The third kappa shape index (κ3) is 3.59. The molecule has 0 aromatic heterocycles. The standard InChI is InChI=1S/C29H48/c1-19(2)21(4)8-9-22(5)25-12-13-26-24-11-10-23-18-20(3)14-16-28(23,6)27(24)15-17-29(25,26)7/h19-20,22-23,25-26H,4,8-18H2,1-3,5-7H3. The maximum absolute atomic E-state index is 4.35. The highest BCUT2D eigenvalue weighted by molar-refractivity contribution is 5.34. The summed E-state index contributed by atoms with van der Waals surface area (Å²) in [6, 6.07) is 0. The Bertz CT molecular complexity index is 666. The van der Waals surface area contributed by atoms with Gasteiger partial charge in [0.2, 0.25) is 0 Å². The lowest BCUT2D eigenvalue weighted by Gasteiger charge is -2.55. The van der Waals surface area contributed by atoms with Crippen LogP contribution in [0.3, 0.4) is 0 Å². The second-order valence-electron chi connectivity index (χ2n) is 12.6. The summed E-state index contributed by atoms with van der Waals surface area (Å²) in [6.07, 6.45) is 15.8. The van der Waals surface area contributed by atoms with Crippen molar-refractivity contribution in [3.05, 3.63) is 23.3 Å². The van der Waals surface area contributed by atoms with E-state index >= 15 is 0 Å². The van der Waals surface area contributed by atoms with Crippen molar-refractivity contribution >= 4 is 0 Å². The van der Waals surface area contributed by atoms with Gasteiger partial charge in [0.1, 0.15) is 0 Å². The molecule has 0 aromatic carbocycles. The van der Waals surface area contributed by atoms with Crippen LogP contribution in [0.4, 0.5) is 0 Å². The molecular weight excluding hydrogens is 348 g/mol. The van der Waals surface area contributed by atoms with Gasteiger partial charge in [-0.2, -0.15) is 0 Å². The van der Waals surface area contributed by atoms with E-state index in [0.717, 1.165) is 29.6 Å². The summed E-state index contributed by atoms with van der Waals surface area (Å²) in [5.41, 5.74) is 6.55. The molecule has 7 atom stereocenters. The van der Waals surface area contributed by atoms with Crippen LogP contribution in [-0.4, -0.2) is 0 Å². The van der Waals surface area contributed by atoms with E-state index in [0.29, 0.717) is 16.7 Å². The van der Waals surface area contributed by atoms with Gasteiger partial charge in [-0.05, 0) is 117 Å². The quantitative estimate of drug-likeness (QED) is 0.407.